The number of carbonyl (C=O) groups is 2. The van der Waals surface area contributed by atoms with Crippen LogP contribution in [0.15, 0.2) is 29.1 Å². The lowest BCUT2D eigenvalue weighted by atomic mass is 9.53. The Balaban J connectivity index is 1.91. The third-order valence-electron chi connectivity index (χ3n) is 7.91. The molecule has 0 radical (unpaired) electrons. The number of carbonyl (C=O) groups excluding carboxylic acids is 2. The number of pyridine rings is 1. The highest BCUT2D eigenvalue weighted by atomic mass is 16.6. The summed E-state index contributed by atoms with van der Waals surface area (Å²) >= 11 is 0. The minimum atomic E-state index is -1.45. The average Bonchev–Trinajstić information content (AvgIpc) is 2.82. The molecular weight excluding hydrogens is 476 g/mol. The molecule has 0 bridgehead atoms. The second kappa shape index (κ2) is 9.20. The number of nitrogens with one attached hydrogen (secondary N) is 1. The Hall–Kier alpha value is -3.33. The number of methoxy groups -OCH3 is 2. The van der Waals surface area contributed by atoms with Crippen molar-refractivity contribution < 1.29 is 28.9 Å². The van der Waals surface area contributed by atoms with Gasteiger partial charge >= 0.3 is 12.1 Å². The number of aromatic amines is 1. The summed E-state index contributed by atoms with van der Waals surface area (Å²) in [5.74, 6) is -0.0940. The molecular formula is C28H36N2O7. The molecule has 2 aliphatic rings. The van der Waals surface area contributed by atoms with E-state index in [2.05, 4.69) is 4.98 Å². The zero-order valence-electron chi connectivity index (χ0n) is 22.6. The number of aliphatic hydroxyl groups is 1. The van der Waals surface area contributed by atoms with Gasteiger partial charge in [0, 0.05) is 30.5 Å². The van der Waals surface area contributed by atoms with Crippen molar-refractivity contribution in [2.24, 2.45) is 0 Å². The summed E-state index contributed by atoms with van der Waals surface area (Å²) < 4.78 is 16.0. The van der Waals surface area contributed by atoms with Gasteiger partial charge in [0.2, 0.25) is 0 Å². The number of ether oxygens (including phenoxy) is 3. The molecule has 3 unspecified atom stereocenters. The van der Waals surface area contributed by atoms with Gasteiger partial charge in [0.1, 0.15) is 16.9 Å². The second-order valence-corrected chi connectivity index (χ2v) is 11.1. The fraction of sp³-hybridized carbons (Fsp3) is 0.536. The highest BCUT2D eigenvalue weighted by Crippen LogP contribution is 2.53. The van der Waals surface area contributed by atoms with E-state index in [9.17, 15) is 19.5 Å². The lowest BCUT2D eigenvalue weighted by Crippen LogP contribution is -2.72. The van der Waals surface area contributed by atoms with Crippen molar-refractivity contribution in [3.63, 3.8) is 0 Å². The molecule has 1 fully saturated rings. The molecule has 1 aliphatic carbocycles. The summed E-state index contributed by atoms with van der Waals surface area (Å²) in [6, 6.07) is 6.62. The molecule has 37 heavy (non-hydrogen) atoms. The number of amides is 1. The van der Waals surface area contributed by atoms with Gasteiger partial charge in [-0.25, -0.2) is 9.59 Å². The molecule has 9 heteroatoms. The Morgan fingerprint density at radius 1 is 1.16 bits per heavy atom. The fourth-order valence-corrected chi connectivity index (χ4v) is 5.99. The third kappa shape index (κ3) is 4.39. The molecule has 200 valence electrons. The molecule has 3 atom stereocenters. The van der Waals surface area contributed by atoms with Gasteiger partial charge < -0.3 is 29.2 Å². The summed E-state index contributed by atoms with van der Waals surface area (Å²) in [5, 5.41) is 12.7. The minimum Gasteiger partial charge on any atom is -0.497 e. The maximum absolute atomic E-state index is 13.2. The fourth-order valence-electron chi connectivity index (χ4n) is 5.99. The van der Waals surface area contributed by atoms with E-state index in [1.165, 1.54) is 13.2 Å². The molecule has 1 aromatic carbocycles. The van der Waals surface area contributed by atoms with E-state index < -0.39 is 40.3 Å². The molecule has 1 amide bonds. The smallest absolute Gasteiger partial charge is 0.410 e. The highest BCUT2D eigenvalue weighted by molar-refractivity contribution is 5.89. The van der Waals surface area contributed by atoms with Crippen LogP contribution in [0.3, 0.4) is 0 Å². The number of piperidine rings is 1. The van der Waals surface area contributed by atoms with Crippen molar-refractivity contribution in [3.05, 3.63) is 62.6 Å². The first-order valence-electron chi connectivity index (χ1n) is 12.5. The van der Waals surface area contributed by atoms with Crippen LogP contribution in [0.5, 0.6) is 5.75 Å². The van der Waals surface area contributed by atoms with Crippen LogP contribution in [-0.2, 0) is 27.7 Å². The minimum absolute atomic E-state index is 0.111. The van der Waals surface area contributed by atoms with E-state index >= 15 is 0 Å². The summed E-state index contributed by atoms with van der Waals surface area (Å²) in [7, 11) is 2.81. The number of rotatable bonds is 3. The number of hydrogen-bond acceptors (Lipinski definition) is 7. The summed E-state index contributed by atoms with van der Waals surface area (Å²) in [6.45, 7) is 9.58. The van der Waals surface area contributed by atoms with Gasteiger partial charge in [-0.15, -0.1) is 0 Å². The number of fused-ring (bicyclic) bond motifs is 2. The standard InChI is InChI=1S/C28H36N2O7/c1-16-8-9-19(35-6)13-21(16)27-10-11-30(25(33)37-26(3,4)5)17(2)28(27,34)14-18-12-20(24(32)36-7)23(31)29-22(18)15-27/h8-9,12-13,17,34H,10-11,14-15H2,1-7H3,(H,29,31). The van der Waals surface area contributed by atoms with Crippen molar-refractivity contribution in [3.8, 4) is 5.75 Å². The first-order chi connectivity index (χ1) is 17.3. The Kier molecular flexibility index (Phi) is 6.65. The van der Waals surface area contributed by atoms with Gasteiger partial charge in [0.25, 0.3) is 5.56 Å². The lowest BCUT2D eigenvalue weighted by Gasteiger charge is -2.60. The molecule has 2 N–H and O–H groups in total. The number of hydrogen-bond donors (Lipinski definition) is 2. The predicted octanol–water partition coefficient (Wildman–Crippen LogP) is 3.28. The normalized spacial score (nSPS) is 25.1. The monoisotopic (exact) mass is 512 g/mol. The van der Waals surface area contributed by atoms with Crippen LogP contribution in [0.1, 0.15) is 66.9 Å². The summed E-state index contributed by atoms with van der Waals surface area (Å²) in [5.41, 5.74) is -0.479. The Morgan fingerprint density at radius 2 is 1.86 bits per heavy atom. The van der Waals surface area contributed by atoms with E-state index in [0.29, 0.717) is 36.4 Å². The van der Waals surface area contributed by atoms with E-state index in [0.717, 1.165) is 11.1 Å². The molecule has 1 saturated heterocycles. The van der Waals surface area contributed by atoms with Gasteiger partial charge in [0.05, 0.1) is 25.9 Å². The zero-order valence-corrected chi connectivity index (χ0v) is 22.6. The van der Waals surface area contributed by atoms with E-state index in [1.54, 1.807) is 32.8 Å². The number of aromatic nitrogens is 1. The van der Waals surface area contributed by atoms with Gasteiger partial charge in [-0.05, 0) is 75.9 Å². The molecule has 2 heterocycles. The molecule has 1 aliphatic heterocycles. The van der Waals surface area contributed by atoms with Crippen LogP contribution in [0.4, 0.5) is 4.79 Å². The van der Waals surface area contributed by atoms with Gasteiger partial charge in [-0.2, -0.15) is 0 Å². The van der Waals surface area contributed by atoms with E-state index in [-0.39, 0.29) is 12.0 Å². The van der Waals surface area contributed by atoms with Crippen molar-refractivity contribution >= 4 is 12.1 Å². The third-order valence-corrected chi connectivity index (χ3v) is 7.91. The average molecular weight is 513 g/mol. The summed E-state index contributed by atoms with van der Waals surface area (Å²) in [6.07, 6.45) is 0.365. The number of esters is 1. The Labute approximate surface area is 216 Å². The quantitative estimate of drug-likeness (QED) is 0.606. The molecule has 2 aromatic rings. The van der Waals surface area contributed by atoms with Crippen molar-refractivity contribution in [2.45, 2.75) is 76.5 Å². The topological polar surface area (TPSA) is 118 Å². The largest absolute Gasteiger partial charge is 0.497 e. The molecule has 0 saturated carbocycles. The first kappa shape index (κ1) is 26.7. The molecule has 1 aromatic heterocycles. The van der Waals surface area contributed by atoms with Crippen LogP contribution in [0.25, 0.3) is 0 Å². The van der Waals surface area contributed by atoms with Crippen LogP contribution >= 0.6 is 0 Å². The van der Waals surface area contributed by atoms with E-state index in [4.69, 9.17) is 14.2 Å². The number of nitrogens with zero attached hydrogens (tertiary/aromatic N) is 1. The lowest BCUT2D eigenvalue weighted by molar-refractivity contribution is -0.136. The van der Waals surface area contributed by atoms with Crippen molar-refractivity contribution in [1.82, 2.24) is 9.88 Å². The number of aryl methyl sites for hydroxylation is 1. The second-order valence-electron chi connectivity index (χ2n) is 11.1. The molecule has 0 spiro atoms. The van der Waals surface area contributed by atoms with Crippen LogP contribution in [0.2, 0.25) is 0 Å². The molecule has 4 rings (SSSR count). The Morgan fingerprint density at radius 3 is 2.49 bits per heavy atom. The SMILES string of the molecule is COC(=O)c1cc2c([nH]c1=O)CC1(c3cc(OC)ccc3C)CCN(C(=O)OC(C)(C)C)C(C)C1(O)C2. The zero-order chi connectivity index (χ0) is 27.3. The van der Waals surface area contributed by atoms with Crippen molar-refractivity contribution in [1.29, 1.82) is 0 Å². The first-order valence-corrected chi connectivity index (χ1v) is 12.5. The van der Waals surface area contributed by atoms with Crippen LogP contribution in [-0.4, -0.2) is 65.1 Å². The predicted molar refractivity (Wildman–Crippen MR) is 137 cm³/mol. The van der Waals surface area contributed by atoms with Crippen LogP contribution < -0.4 is 10.3 Å². The number of benzene rings is 1. The van der Waals surface area contributed by atoms with E-state index in [1.807, 2.05) is 32.0 Å². The maximum Gasteiger partial charge on any atom is 0.410 e. The molecule has 9 nitrogen and oxygen atoms in total. The maximum atomic E-state index is 13.2. The van der Waals surface area contributed by atoms with Gasteiger partial charge in [0.15, 0.2) is 0 Å². The highest BCUT2D eigenvalue weighted by Gasteiger charge is 2.62. The summed E-state index contributed by atoms with van der Waals surface area (Å²) in [4.78, 5) is 42.6. The Bertz CT molecular complexity index is 1290. The van der Waals surface area contributed by atoms with Gasteiger partial charge in [-0.3, -0.25) is 4.79 Å². The van der Waals surface area contributed by atoms with Crippen LogP contribution in [0, 0.1) is 6.92 Å². The van der Waals surface area contributed by atoms with Crippen molar-refractivity contribution in [2.75, 3.05) is 20.8 Å². The number of likely N-dealkylation sites (tertiary alicyclic amines) is 1. The van der Waals surface area contributed by atoms with Gasteiger partial charge in [-0.1, -0.05) is 6.07 Å². The number of H-pyrrole nitrogens is 1.